The monoisotopic (exact) mass is 487 g/mol. The second-order valence-electron chi connectivity index (χ2n) is 9.68. The van der Waals surface area contributed by atoms with E-state index in [9.17, 15) is 9.59 Å². The highest BCUT2D eigenvalue weighted by atomic mass is 16.5. The molecule has 2 N–H and O–H groups in total. The molecule has 3 aromatic rings. The molecule has 0 aliphatic rings. The van der Waals surface area contributed by atoms with E-state index in [0.717, 1.165) is 34.4 Å². The van der Waals surface area contributed by atoms with Crippen LogP contribution < -0.4 is 10.1 Å². The maximum absolute atomic E-state index is 13.2. The van der Waals surface area contributed by atoms with Crippen LogP contribution in [0.2, 0.25) is 0 Å². The van der Waals surface area contributed by atoms with E-state index >= 15 is 0 Å². The van der Waals surface area contributed by atoms with E-state index < -0.39 is 5.97 Å². The summed E-state index contributed by atoms with van der Waals surface area (Å²) >= 11 is 0. The molecule has 0 saturated heterocycles. The summed E-state index contributed by atoms with van der Waals surface area (Å²) < 4.78 is 6.03. The minimum Gasteiger partial charge on any atom is -0.489 e. The molecule has 0 spiro atoms. The Hall–Kier alpha value is -3.60. The average Bonchev–Trinajstić information content (AvgIpc) is 2.85. The van der Waals surface area contributed by atoms with Crippen LogP contribution in [0.5, 0.6) is 5.75 Å². The van der Waals surface area contributed by atoms with Gasteiger partial charge < -0.3 is 15.2 Å². The van der Waals surface area contributed by atoms with Crippen LogP contribution in [0.15, 0.2) is 54.6 Å². The number of ether oxygens (including phenoxy) is 1. The first-order valence-corrected chi connectivity index (χ1v) is 12.5. The number of carboxylic acids is 1. The SMILES string of the molecule is Cc1ccc(C)c(OCc2ccc(CCC(=O)O)c(C(=O)NCC[C@@H](C)c3cccc(C)c3C)c2)c1. The maximum Gasteiger partial charge on any atom is 0.303 e. The van der Waals surface area contributed by atoms with Gasteiger partial charge in [-0.25, -0.2) is 0 Å². The average molecular weight is 488 g/mol. The number of amides is 1. The predicted molar refractivity (Wildman–Crippen MR) is 144 cm³/mol. The van der Waals surface area contributed by atoms with Gasteiger partial charge in [0.05, 0.1) is 0 Å². The molecule has 3 aromatic carbocycles. The van der Waals surface area contributed by atoms with Gasteiger partial charge >= 0.3 is 5.97 Å². The van der Waals surface area contributed by atoms with Crippen molar-refractivity contribution in [3.8, 4) is 5.75 Å². The van der Waals surface area contributed by atoms with E-state index in [4.69, 9.17) is 9.84 Å². The van der Waals surface area contributed by atoms with Crippen molar-refractivity contribution >= 4 is 11.9 Å². The number of aryl methyl sites for hydroxylation is 4. The van der Waals surface area contributed by atoms with Crippen LogP contribution in [0.25, 0.3) is 0 Å². The zero-order chi connectivity index (χ0) is 26.2. The number of carboxylic acid groups (broad SMARTS) is 1. The standard InChI is InChI=1S/C31H37NO4/c1-20-9-10-23(4)29(17-20)36-19-25-11-12-26(13-14-30(33)34)28(18-25)31(35)32-16-15-22(3)27-8-6-7-21(2)24(27)5/h6-12,17-18,22H,13-16,19H2,1-5H3,(H,32,35)(H,33,34)/t22-/m1/s1. The van der Waals surface area contributed by atoms with Gasteiger partial charge in [0.1, 0.15) is 12.4 Å². The summed E-state index contributed by atoms with van der Waals surface area (Å²) in [7, 11) is 0. The zero-order valence-corrected chi connectivity index (χ0v) is 22.0. The smallest absolute Gasteiger partial charge is 0.303 e. The summed E-state index contributed by atoms with van der Waals surface area (Å²) in [5.74, 6) is 0.0635. The minimum atomic E-state index is -0.883. The van der Waals surface area contributed by atoms with Crippen LogP contribution in [0.3, 0.4) is 0 Å². The third-order valence-corrected chi connectivity index (χ3v) is 6.81. The van der Waals surface area contributed by atoms with Crippen molar-refractivity contribution in [3.05, 3.63) is 99.1 Å². The third-order valence-electron chi connectivity index (χ3n) is 6.81. The molecule has 0 saturated carbocycles. The Morgan fingerprint density at radius 1 is 0.972 bits per heavy atom. The number of hydrogen-bond acceptors (Lipinski definition) is 3. The molecule has 0 aliphatic carbocycles. The Labute approximate surface area is 214 Å². The van der Waals surface area contributed by atoms with E-state index in [1.165, 1.54) is 16.7 Å². The number of carbonyl (C=O) groups is 2. The lowest BCUT2D eigenvalue weighted by Gasteiger charge is -2.17. The fourth-order valence-electron chi connectivity index (χ4n) is 4.37. The first-order chi connectivity index (χ1) is 17.2. The van der Waals surface area contributed by atoms with Crippen molar-refractivity contribution in [2.45, 2.75) is 66.4 Å². The quantitative estimate of drug-likeness (QED) is 0.326. The Morgan fingerprint density at radius 2 is 1.75 bits per heavy atom. The lowest BCUT2D eigenvalue weighted by molar-refractivity contribution is -0.136. The molecule has 36 heavy (non-hydrogen) atoms. The molecule has 1 amide bonds. The fraction of sp³-hybridized carbons (Fsp3) is 0.355. The van der Waals surface area contributed by atoms with Gasteiger partial charge in [0.15, 0.2) is 0 Å². The topological polar surface area (TPSA) is 75.6 Å². The fourth-order valence-corrected chi connectivity index (χ4v) is 4.37. The number of carbonyl (C=O) groups excluding carboxylic acids is 1. The molecule has 1 atom stereocenters. The lowest BCUT2D eigenvalue weighted by atomic mass is 9.91. The van der Waals surface area contributed by atoms with Crippen LogP contribution in [0, 0.1) is 27.7 Å². The summed E-state index contributed by atoms with van der Waals surface area (Å²) in [6, 6.07) is 18.0. The molecular formula is C31H37NO4. The van der Waals surface area contributed by atoms with Gasteiger partial charge in [0.2, 0.25) is 0 Å². The van der Waals surface area contributed by atoms with Crippen molar-refractivity contribution in [3.63, 3.8) is 0 Å². The second kappa shape index (κ2) is 12.4. The zero-order valence-electron chi connectivity index (χ0n) is 22.0. The van der Waals surface area contributed by atoms with E-state index in [1.54, 1.807) is 0 Å². The van der Waals surface area contributed by atoms with Crippen molar-refractivity contribution in [1.29, 1.82) is 0 Å². The summed E-state index contributed by atoms with van der Waals surface area (Å²) in [6.45, 7) is 11.3. The second-order valence-corrected chi connectivity index (χ2v) is 9.68. The van der Waals surface area contributed by atoms with Gasteiger partial charge in [-0.2, -0.15) is 0 Å². The minimum absolute atomic E-state index is 0.0255. The Balaban J connectivity index is 1.70. The first-order valence-electron chi connectivity index (χ1n) is 12.5. The highest BCUT2D eigenvalue weighted by Crippen LogP contribution is 2.25. The van der Waals surface area contributed by atoms with E-state index in [1.807, 2.05) is 50.2 Å². The van der Waals surface area contributed by atoms with E-state index in [0.29, 0.717) is 31.1 Å². The normalized spacial score (nSPS) is 11.7. The van der Waals surface area contributed by atoms with Gasteiger partial charge in [0, 0.05) is 18.5 Å². The number of rotatable bonds is 11. The molecule has 0 bridgehead atoms. The molecule has 0 aromatic heterocycles. The highest BCUT2D eigenvalue weighted by Gasteiger charge is 2.15. The van der Waals surface area contributed by atoms with Crippen molar-refractivity contribution < 1.29 is 19.4 Å². The van der Waals surface area contributed by atoms with Crippen molar-refractivity contribution in [2.75, 3.05) is 6.54 Å². The largest absolute Gasteiger partial charge is 0.489 e. The molecule has 0 radical (unpaired) electrons. The van der Waals surface area contributed by atoms with Crippen LogP contribution in [-0.4, -0.2) is 23.5 Å². The van der Waals surface area contributed by atoms with Crippen LogP contribution in [0.1, 0.15) is 75.0 Å². The van der Waals surface area contributed by atoms with Crippen LogP contribution in [0.4, 0.5) is 0 Å². The molecule has 0 unspecified atom stereocenters. The summed E-state index contributed by atoms with van der Waals surface area (Å²) in [5.41, 5.74) is 8.14. The van der Waals surface area contributed by atoms with Crippen molar-refractivity contribution in [2.24, 2.45) is 0 Å². The molecular weight excluding hydrogens is 450 g/mol. The van der Waals surface area contributed by atoms with Gasteiger partial charge in [-0.3, -0.25) is 9.59 Å². The number of hydrogen-bond donors (Lipinski definition) is 2. The van der Waals surface area contributed by atoms with Crippen molar-refractivity contribution in [1.82, 2.24) is 5.32 Å². The predicted octanol–water partition coefficient (Wildman–Crippen LogP) is 6.44. The van der Waals surface area contributed by atoms with E-state index in [-0.39, 0.29) is 12.3 Å². The highest BCUT2D eigenvalue weighted by molar-refractivity contribution is 5.96. The number of benzene rings is 3. The van der Waals surface area contributed by atoms with Gasteiger partial charge in [0.25, 0.3) is 5.91 Å². The Kier molecular flexibility index (Phi) is 9.29. The number of nitrogens with one attached hydrogen (secondary N) is 1. The summed E-state index contributed by atoms with van der Waals surface area (Å²) in [4.78, 5) is 24.3. The van der Waals surface area contributed by atoms with Gasteiger partial charge in [-0.1, -0.05) is 49.4 Å². The summed E-state index contributed by atoms with van der Waals surface area (Å²) in [5, 5.41) is 12.2. The van der Waals surface area contributed by atoms with Gasteiger partial charge in [-0.15, -0.1) is 0 Å². The molecule has 0 fully saturated rings. The first kappa shape index (κ1) is 27.0. The Bertz CT molecular complexity index is 1230. The van der Waals surface area contributed by atoms with Gasteiger partial charge in [-0.05, 0) is 97.5 Å². The molecule has 3 rings (SSSR count). The van der Waals surface area contributed by atoms with E-state index in [2.05, 4.69) is 44.3 Å². The molecule has 5 heteroatoms. The molecule has 5 nitrogen and oxygen atoms in total. The molecule has 0 heterocycles. The number of aliphatic carboxylic acids is 1. The van der Waals surface area contributed by atoms with Crippen LogP contribution in [-0.2, 0) is 17.8 Å². The lowest BCUT2D eigenvalue weighted by Crippen LogP contribution is -2.27. The third kappa shape index (κ3) is 7.20. The summed E-state index contributed by atoms with van der Waals surface area (Å²) in [6.07, 6.45) is 1.09. The molecule has 0 aliphatic heterocycles. The van der Waals surface area contributed by atoms with Crippen LogP contribution >= 0.6 is 0 Å². The Morgan fingerprint density at radius 3 is 2.50 bits per heavy atom. The maximum atomic E-state index is 13.2. The molecule has 190 valence electrons.